The summed E-state index contributed by atoms with van der Waals surface area (Å²) in [5.74, 6) is -3.58. The molecule has 2 unspecified atom stereocenters. The Morgan fingerprint density at radius 2 is 1.84 bits per heavy atom. The van der Waals surface area contributed by atoms with Crippen LogP contribution < -0.4 is 50.2 Å². The number of nitrogens with one attached hydrogen (secondary N) is 2. The summed E-state index contributed by atoms with van der Waals surface area (Å²) in [6, 6.07) is 12.7. The number of aliphatic carboxylic acids is 1. The zero-order valence-electron chi connectivity index (χ0n) is 24.2. The Morgan fingerprint density at radius 1 is 1.11 bits per heavy atom. The summed E-state index contributed by atoms with van der Waals surface area (Å²) in [5, 5.41) is 25.5. The van der Waals surface area contributed by atoms with Gasteiger partial charge in [-0.25, -0.2) is 14.5 Å². The molecule has 6 amide bonds. The van der Waals surface area contributed by atoms with Crippen LogP contribution in [-0.2, 0) is 23.9 Å². The largest absolute Gasteiger partial charge is 1.00 e. The normalized spacial score (nSPS) is 19.4. The van der Waals surface area contributed by atoms with Crippen LogP contribution in [0.1, 0.15) is 24.1 Å². The topological polar surface area (TPSA) is 192 Å². The molecule has 2 saturated heterocycles. The van der Waals surface area contributed by atoms with Crippen LogP contribution in [-0.4, -0.2) is 82.5 Å². The molecule has 0 saturated carbocycles. The number of hydrogen-bond acceptors (Lipinski definition) is 10. The van der Waals surface area contributed by atoms with Crippen LogP contribution in [0.15, 0.2) is 65.9 Å². The van der Waals surface area contributed by atoms with Crippen LogP contribution in [0.2, 0.25) is 0 Å². The maximum atomic E-state index is 13.6. The van der Waals surface area contributed by atoms with Crippen molar-refractivity contribution in [3.05, 3.63) is 77.0 Å². The summed E-state index contributed by atoms with van der Waals surface area (Å²) in [7, 11) is 0. The molecule has 3 aliphatic heterocycles. The number of carbonyl (C=O) groups excluding carboxylic acids is 6. The molecule has 3 atom stereocenters. The number of imide groups is 1. The Kier molecular flexibility index (Phi) is 10.6. The summed E-state index contributed by atoms with van der Waals surface area (Å²) in [6.45, 7) is 1.04. The van der Waals surface area contributed by atoms with Gasteiger partial charge in [-0.2, -0.15) is 5.26 Å². The van der Waals surface area contributed by atoms with Gasteiger partial charge in [-0.05, 0) is 23.8 Å². The number of carbonyl (C=O) groups is 6. The number of amides is 6. The Bertz CT molecular complexity index is 1630. The van der Waals surface area contributed by atoms with Crippen molar-refractivity contribution >= 4 is 53.3 Å². The van der Waals surface area contributed by atoms with Crippen molar-refractivity contribution < 1.29 is 68.2 Å². The van der Waals surface area contributed by atoms with Gasteiger partial charge >= 0.3 is 47.6 Å². The van der Waals surface area contributed by atoms with Crippen LogP contribution in [0, 0.1) is 11.3 Å². The molecule has 226 valence electrons. The van der Waals surface area contributed by atoms with Gasteiger partial charge in [0.2, 0.25) is 5.91 Å². The number of anilines is 1. The van der Waals surface area contributed by atoms with Crippen molar-refractivity contribution in [3.63, 3.8) is 0 Å². The fourth-order valence-corrected chi connectivity index (χ4v) is 6.39. The number of ether oxygens (including phenoxy) is 1. The van der Waals surface area contributed by atoms with Gasteiger partial charge in [0.1, 0.15) is 24.1 Å². The molecule has 0 bridgehead atoms. The first-order chi connectivity index (χ1) is 21.1. The molecule has 2 aromatic carbocycles. The van der Waals surface area contributed by atoms with E-state index in [0.29, 0.717) is 16.8 Å². The molecule has 45 heavy (non-hydrogen) atoms. The van der Waals surface area contributed by atoms with Crippen molar-refractivity contribution in [1.82, 2.24) is 20.4 Å². The number of β-lactam (4-membered cyclic amide) rings is 1. The van der Waals surface area contributed by atoms with Gasteiger partial charge in [0, 0.05) is 30.5 Å². The molecule has 3 aliphatic rings. The number of benzene rings is 2. The molecule has 14 nitrogen and oxygen atoms in total. The molecule has 2 aromatic rings. The molecule has 3 heterocycles. The van der Waals surface area contributed by atoms with Gasteiger partial charge in [-0.15, -0.1) is 11.8 Å². The van der Waals surface area contributed by atoms with Gasteiger partial charge in [0.25, 0.3) is 5.91 Å². The number of nitriles is 1. The first-order valence-corrected chi connectivity index (χ1v) is 14.4. The van der Waals surface area contributed by atoms with Gasteiger partial charge in [0.05, 0.1) is 29.8 Å². The van der Waals surface area contributed by atoms with E-state index in [0.717, 1.165) is 9.80 Å². The number of esters is 1. The fraction of sp³-hybridized carbons (Fsp3) is 0.276. The second-order valence-electron chi connectivity index (χ2n) is 9.96. The molecule has 0 aromatic heterocycles. The summed E-state index contributed by atoms with van der Waals surface area (Å²) in [6.07, 6.45) is 0. The monoisotopic (exact) mass is 640 g/mol. The predicted octanol–water partition coefficient (Wildman–Crippen LogP) is -2.78. The molecule has 2 fully saturated rings. The summed E-state index contributed by atoms with van der Waals surface area (Å²) in [4.78, 5) is 79.5. The fourth-order valence-electron chi connectivity index (χ4n) is 5.06. The maximum Gasteiger partial charge on any atom is 1.00 e. The number of thioether (sulfide) groups is 1. The van der Waals surface area contributed by atoms with Crippen molar-refractivity contribution in [2.24, 2.45) is 0 Å². The van der Waals surface area contributed by atoms with Gasteiger partial charge < -0.3 is 25.3 Å². The Labute approximate surface area is 283 Å². The summed E-state index contributed by atoms with van der Waals surface area (Å²) in [5.41, 5.74) is 0.957. The molecule has 5 rings (SSSR count). The number of rotatable bonds is 8. The SMILES string of the molecule is CC(=O)OCC1=C(C(=O)[O-])N2C(=O)C(NC(=O)C(NC(=O)N3CCN(c4cccc(C#N)c4)C3=O)c3ccccc3)[C@@H]2SC1.[Na+]. The predicted molar refractivity (Wildman–Crippen MR) is 152 cm³/mol. The third-order valence-corrected chi connectivity index (χ3v) is 8.53. The number of nitrogens with zero attached hydrogens (tertiary/aromatic N) is 4. The van der Waals surface area contributed by atoms with Crippen molar-refractivity contribution in [3.8, 4) is 6.07 Å². The van der Waals surface area contributed by atoms with Gasteiger partial charge in [-0.3, -0.25) is 24.2 Å². The smallest absolute Gasteiger partial charge is 0.543 e. The van der Waals surface area contributed by atoms with Crippen LogP contribution in [0.3, 0.4) is 0 Å². The standard InChI is InChI=1S/C29H26N6O8S.Na/c1-16(36)43-14-19-15-44-26-22(25(38)35(26)23(19)27(39)40)31-24(37)21(18-7-3-2-4-8-18)32-28(41)34-11-10-33(29(34)42)20-9-5-6-17(12-20)13-30;/h2-9,12,21-22,26H,10-11,14-15H2,1H3,(H,31,37)(H,32,41)(H,39,40);/q;+1/p-1/t21?,22?,26-;/m0./s1. The average molecular weight is 641 g/mol. The van der Waals surface area contributed by atoms with Crippen LogP contribution >= 0.6 is 11.8 Å². The first-order valence-electron chi connectivity index (χ1n) is 13.4. The Balaban J connectivity index is 0.00000461. The van der Waals surface area contributed by atoms with E-state index in [1.54, 1.807) is 48.5 Å². The van der Waals surface area contributed by atoms with E-state index in [1.165, 1.54) is 29.7 Å². The minimum Gasteiger partial charge on any atom is -0.543 e. The minimum absolute atomic E-state index is 0. The van der Waals surface area contributed by atoms with Gasteiger partial charge in [0.15, 0.2) is 0 Å². The minimum atomic E-state index is -1.62. The van der Waals surface area contributed by atoms with Crippen molar-refractivity contribution in [1.29, 1.82) is 5.26 Å². The zero-order valence-corrected chi connectivity index (χ0v) is 27.0. The van der Waals surface area contributed by atoms with Gasteiger partial charge in [-0.1, -0.05) is 36.4 Å². The van der Waals surface area contributed by atoms with Crippen LogP contribution in [0.25, 0.3) is 0 Å². The number of urea groups is 2. The molecule has 0 radical (unpaired) electrons. The third kappa shape index (κ3) is 6.84. The molecule has 16 heteroatoms. The number of hydrogen-bond donors (Lipinski definition) is 2. The van der Waals surface area contributed by atoms with E-state index >= 15 is 0 Å². The van der Waals surface area contributed by atoms with Crippen molar-refractivity contribution in [2.45, 2.75) is 24.4 Å². The molecule has 2 N–H and O–H groups in total. The Morgan fingerprint density at radius 3 is 2.51 bits per heavy atom. The molecule has 0 aliphatic carbocycles. The molecule has 0 spiro atoms. The first kappa shape index (κ1) is 33.5. The summed E-state index contributed by atoms with van der Waals surface area (Å²) < 4.78 is 4.91. The van der Waals surface area contributed by atoms with Crippen LogP contribution in [0.5, 0.6) is 0 Å². The Hall–Kier alpha value is -4.36. The molecular formula is C29H25N6NaO8S. The maximum absolute atomic E-state index is 13.6. The van der Waals surface area contributed by atoms with E-state index in [9.17, 15) is 39.1 Å². The van der Waals surface area contributed by atoms with E-state index < -0.39 is 59.0 Å². The summed E-state index contributed by atoms with van der Waals surface area (Å²) >= 11 is 1.17. The van der Waals surface area contributed by atoms with Crippen LogP contribution in [0.4, 0.5) is 15.3 Å². The zero-order chi connectivity index (χ0) is 31.5. The second-order valence-corrected chi connectivity index (χ2v) is 11.1. The molecular weight excluding hydrogens is 615 g/mol. The van der Waals surface area contributed by atoms with Crippen molar-refractivity contribution in [2.75, 3.05) is 30.3 Å². The number of carboxylic acid groups (broad SMARTS) is 1. The third-order valence-electron chi connectivity index (χ3n) is 7.19. The van der Waals surface area contributed by atoms with E-state index in [4.69, 9.17) is 4.74 Å². The number of carboxylic acids is 1. The average Bonchev–Trinajstić information content (AvgIpc) is 3.42. The van der Waals surface area contributed by atoms with E-state index in [1.807, 2.05) is 6.07 Å². The van der Waals surface area contributed by atoms with E-state index in [2.05, 4.69) is 10.6 Å². The van der Waals surface area contributed by atoms with E-state index in [-0.39, 0.29) is 60.6 Å². The number of fused-ring (bicyclic) bond motifs is 1. The second kappa shape index (κ2) is 14.2. The quantitative estimate of drug-likeness (QED) is 0.173.